The van der Waals surface area contributed by atoms with Crippen molar-refractivity contribution < 1.29 is 26.3 Å². The van der Waals surface area contributed by atoms with E-state index >= 15 is 0 Å². The molecule has 1 aliphatic heterocycles. The highest BCUT2D eigenvalue weighted by molar-refractivity contribution is 6.30. The number of hydrogen-bond acceptors (Lipinski definition) is 1. The van der Waals surface area contributed by atoms with Crippen LogP contribution in [-0.4, -0.2) is 10.4 Å². The minimum absolute atomic E-state index is 0. The number of hydrogen-bond donors (Lipinski definition) is 0. The summed E-state index contributed by atoms with van der Waals surface area (Å²) in [5, 5.41) is 0.735. The third-order valence-corrected chi connectivity index (χ3v) is 5.77. The van der Waals surface area contributed by atoms with Gasteiger partial charge in [-0.05, 0) is 41.7 Å². The molecule has 0 saturated carbocycles. The van der Waals surface area contributed by atoms with Crippen molar-refractivity contribution in [3.8, 4) is 11.3 Å². The van der Waals surface area contributed by atoms with Crippen LogP contribution in [0.2, 0.25) is 5.02 Å². The van der Waals surface area contributed by atoms with Gasteiger partial charge in [0.05, 0.1) is 13.0 Å². The van der Waals surface area contributed by atoms with E-state index in [2.05, 4.69) is 48.2 Å². The van der Waals surface area contributed by atoms with Crippen molar-refractivity contribution in [2.75, 3.05) is 0 Å². The van der Waals surface area contributed by atoms with E-state index in [1.807, 2.05) is 36.4 Å². The summed E-state index contributed by atoms with van der Waals surface area (Å²) in [6.45, 7) is 7.92. The van der Waals surface area contributed by atoms with Gasteiger partial charge in [0.15, 0.2) is 12.2 Å². The summed E-state index contributed by atoms with van der Waals surface area (Å²) < 4.78 is 4.45. The van der Waals surface area contributed by atoms with Gasteiger partial charge in [-0.15, -0.1) is 0 Å². The fraction of sp³-hybridized carbons (Fsp3) is 0.333. The molecule has 4 rings (SSSR count). The van der Waals surface area contributed by atoms with Crippen LogP contribution < -0.4 is 21.5 Å². The van der Waals surface area contributed by atoms with E-state index in [0.29, 0.717) is 6.54 Å². The molecule has 0 aliphatic carbocycles. The molecule has 0 N–H and O–H groups in total. The highest BCUT2D eigenvalue weighted by Gasteiger charge is 2.29. The molecule has 0 spiro atoms. The zero-order valence-corrected chi connectivity index (χ0v) is 19.4. The van der Waals surface area contributed by atoms with Crippen LogP contribution in [0, 0.1) is 0 Å². The number of fused-ring (bicyclic) bond motifs is 1. The first kappa shape index (κ1) is 21.8. The third kappa shape index (κ3) is 4.49. The molecule has 0 saturated heterocycles. The summed E-state index contributed by atoms with van der Waals surface area (Å²) in [7, 11) is 0. The fourth-order valence-electron chi connectivity index (χ4n) is 3.90. The van der Waals surface area contributed by atoms with Gasteiger partial charge in [-0.25, -0.2) is 9.13 Å². The first-order chi connectivity index (χ1) is 13.3. The van der Waals surface area contributed by atoms with Crippen LogP contribution in [0.25, 0.3) is 11.3 Å². The van der Waals surface area contributed by atoms with E-state index in [9.17, 15) is 4.79 Å². The molecule has 0 fully saturated rings. The van der Waals surface area contributed by atoms with E-state index < -0.39 is 0 Å². The van der Waals surface area contributed by atoms with Crippen LogP contribution in [0.3, 0.4) is 0 Å². The van der Waals surface area contributed by atoms with Gasteiger partial charge in [0.2, 0.25) is 5.78 Å². The van der Waals surface area contributed by atoms with Gasteiger partial charge in [0.25, 0.3) is 5.82 Å². The number of carbonyl (C=O) groups is 1. The third-order valence-electron chi connectivity index (χ3n) is 5.52. The summed E-state index contributed by atoms with van der Waals surface area (Å²) >= 11 is 6.04. The highest BCUT2D eigenvalue weighted by Crippen LogP contribution is 2.26. The summed E-state index contributed by atoms with van der Waals surface area (Å²) in [4.78, 5) is 12.9. The molecule has 2 aromatic carbocycles. The lowest BCUT2D eigenvalue weighted by molar-refractivity contribution is -0.689. The SMILES string of the molecule is CC(C)(C)c1ccc(C(=O)C[n+]2cc(-c3ccc(Cl)cc3)n3c2CCC3)cc1.[Br-]. The van der Waals surface area contributed by atoms with Crippen LogP contribution in [0.5, 0.6) is 0 Å². The van der Waals surface area contributed by atoms with Crippen molar-refractivity contribution in [3.05, 3.63) is 76.7 Å². The molecule has 5 heteroatoms. The Kier molecular flexibility index (Phi) is 6.35. The Hall–Kier alpha value is -1.91. The number of imidazole rings is 1. The van der Waals surface area contributed by atoms with Crippen molar-refractivity contribution in [1.82, 2.24) is 4.57 Å². The molecule has 29 heavy (non-hydrogen) atoms. The van der Waals surface area contributed by atoms with Crippen LogP contribution in [0.15, 0.2) is 54.7 Å². The number of halogens is 2. The quantitative estimate of drug-likeness (QED) is 0.421. The molecule has 0 amide bonds. The Morgan fingerprint density at radius 3 is 2.34 bits per heavy atom. The normalized spacial score (nSPS) is 13.1. The van der Waals surface area contributed by atoms with Gasteiger partial charge in [0.1, 0.15) is 6.20 Å². The lowest BCUT2D eigenvalue weighted by Crippen LogP contribution is -3.00. The molecule has 3 nitrogen and oxygen atoms in total. The second-order valence-corrected chi connectivity index (χ2v) is 9.01. The van der Waals surface area contributed by atoms with E-state index in [-0.39, 0.29) is 28.2 Å². The molecule has 3 aromatic rings. The maximum absolute atomic E-state index is 12.9. The lowest BCUT2D eigenvalue weighted by atomic mass is 9.86. The van der Waals surface area contributed by atoms with Gasteiger partial charge >= 0.3 is 0 Å². The van der Waals surface area contributed by atoms with Gasteiger partial charge in [0, 0.05) is 16.1 Å². The number of ketones is 1. The smallest absolute Gasteiger partial charge is 0.257 e. The van der Waals surface area contributed by atoms with E-state index in [4.69, 9.17) is 11.6 Å². The predicted molar refractivity (Wildman–Crippen MR) is 113 cm³/mol. The molecule has 2 heterocycles. The zero-order valence-electron chi connectivity index (χ0n) is 17.1. The van der Waals surface area contributed by atoms with Crippen molar-refractivity contribution in [2.45, 2.75) is 52.1 Å². The molecule has 1 aliphatic rings. The Morgan fingerprint density at radius 2 is 1.72 bits per heavy atom. The van der Waals surface area contributed by atoms with Crippen molar-refractivity contribution in [1.29, 1.82) is 0 Å². The van der Waals surface area contributed by atoms with Gasteiger partial charge in [-0.2, -0.15) is 0 Å². The summed E-state index contributed by atoms with van der Waals surface area (Å²) in [6, 6.07) is 16.0. The maximum Gasteiger partial charge on any atom is 0.257 e. The average molecular weight is 474 g/mol. The van der Waals surface area contributed by atoms with Gasteiger partial charge in [-0.3, -0.25) is 4.79 Å². The largest absolute Gasteiger partial charge is 1.00 e. The van der Waals surface area contributed by atoms with Gasteiger partial charge in [-0.1, -0.05) is 56.6 Å². The van der Waals surface area contributed by atoms with E-state index in [0.717, 1.165) is 41.2 Å². The topological polar surface area (TPSA) is 25.9 Å². The molecular weight excluding hydrogens is 448 g/mol. The Bertz CT molecular complexity index is 1010. The van der Waals surface area contributed by atoms with Crippen LogP contribution in [0.4, 0.5) is 0 Å². The van der Waals surface area contributed by atoms with Crippen molar-refractivity contribution >= 4 is 17.4 Å². The predicted octanol–water partition coefficient (Wildman–Crippen LogP) is 2.23. The van der Waals surface area contributed by atoms with Crippen molar-refractivity contribution in [2.24, 2.45) is 0 Å². The van der Waals surface area contributed by atoms with Gasteiger partial charge < -0.3 is 17.0 Å². The Labute approximate surface area is 188 Å². The van der Waals surface area contributed by atoms with E-state index in [1.54, 1.807) is 0 Å². The maximum atomic E-state index is 12.9. The number of aromatic nitrogens is 2. The Morgan fingerprint density at radius 1 is 1.07 bits per heavy atom. The minimum atomic E-state index is 0. The molecule has 0 bridgehead atoms. The van der Waals surface area contributed by atoms with Crippen molar-refractivity contribution in [3.63, 3.8) is 0 Å². The number of nitrogens with zero attached hydrogens (tertiary/aromatic N) is 2. The molecule has 0 unspecified atom stereocenters. The number of carbonyl (C=O) groups excluding carboxylic acids is 1. The first-order valence-corrected chi connectivity index (χ1v) is 10.2. The molecule has 0 atom stereocenters. The summed E-state index contributed by atoms with van der Waals surface area (Å²) in [5.41, 5.74) is 4.39. The van der Waals surface area contributed by atoms with E-state index in [1.165, 1.54) is 11.4 Å². The minimum Gasteiger partial charge on any atom is -1.00 e. The van der Waals surface area contributed by atoms with Crippen LogP contribution in [0.1, 0.15) is 48.9 Å². The molecular formula is C24H26BrClN2O. The molecule has 1 aromatic heterocycles. The molecule has 152 valence electrons. The number of rotatable bonds is 4. The average Bonchev–Trinajstić information content (AvgIpc) is 3.26. The zero-order chi connectivity index (χ0) is 19.9. The van der Waals surface area contributed by atoms with Crippen LogP contribution in [-0.2, 0) is 24.9 Å². The second-order valence-electron chi connectivity index (χ2n) is 8.57. The fourth-order valence-corrected chi connectivity index (χ4v) is 4.03. The number of Topliss-reactive ketones (excluding diaryl/α,β-unsaturated/α-hetero) is 1. The van der Waals surface area contributed by atoms with Crippen LogP contribution >= 0.6 is 11.6 Å². The first-order valence-electron chi connectivity index (χ1n) is 9.84. The standard InChI is InChI=1S/C24H26ClN2O.BrH/c1-24(2,3)19-10-6-18(7-11-19)22(28)16-26-15-21(27-14-4-5-23(26)27)17-8-12-20(25)13-9-17;/h6-13,15H,4-5,14,16H2,1-3H3;1H/q+1;/p-1. The monoisotopic (exact) mass is 472 g/mol. The lowest BCUT2D eigenvalue weighted by Gasteiger charge is -2.18. The molecule has 0 radical (unpaired) electrons. The highest BCUT2D eigenvalue weighted by atomic mass is 79.9. The Balaban J connectivity index is 0.00000240. The second kappa shape index (κ2) is 8.45. The number of benzene rings is 2. The summed E-state index contributed by atoms with van der Waals surface area (Å²) in [5.74, 6) is 1.37. The summed E-state index contributed by atoms with van der Waals surface area (Å²) in [6.07, 6.45) is 4.23.